The molecule has 0 bridgehead atoms. The van der Waals surface area contributed by atoms with E-state index in [4.69, 9.17) is 26.1 Å². The lowest BCUT2D eigenvalue weighted by Crippen LogP contribution is -2.46. The second-order valence-electron chi connectivity index (χ2n) is 11.8. The van der Waals surface area contributed by atoms with E-state index in [1.165, 1.54) is 27.7 Å². The first kappa shape index (κ1) is 32.2. The minimum Gasteiger partial charge on any atom is -0.462 e. The van der Waals surface area contributed by atoms with E-state index in [-0.39, 0.29) is 40.8 Å². The van der Waals surface area contributed by atoms with Crippen molar-refractivity contribution in [2.45, 2.75) is 46.8 Å². The van der Waals surface area contributed by atoms with Gasteiger partial charge in [0.15, 0.2) is 5.65 Å². The molecule has 0 saturated carbocycles. The molecule has 1 saturated heterocycles. The third-order valence-corrected chi connectivity index (χ3v) is 7.77. The number of aromatic nitrogens is 3. The summed E-state index contributed by atoms with van der Waals surface area (Å²) in [5.74, 6) is -0.948. The van der Waals surface area contributed by atoms with Crippen LogP contribution in [0, 0.1) is 5.82 Å². The first-order valence-electron chi connectivity index (χ1n) is 15.1. The molecule has 0 N–H and O–H groups in total. The fourth-order valence-corrected chi connectivity index (χ4v) is 5.34. The van der Waals surface area contributed by atoms with Crippen LogP contribution in [0.25, 0.3) is 16.9 Å². The molecule has 4 aromatic rings. The fourth-order valence-electron chi connectivity index (χ4n) is 5.18. The molecule has 3 heterocycles. The number of esters is 1. The predicted molar refractivity (Wildman–Crippen MR) is 173 cm³/mol. The third-order valence-electron chi connectivity index (χ3n) is 7.53. The van der Waals surface area contributed by atoms with Gasteiger partial charge in [-0.1, -0.05) is 36.7 Å². The monoisotopic (exact) mass is 636 g/mol. The van der Waals surface area contributed by atoms with Gasteiger partial charge in [-0.25, -0.2) is 19.0 Å². The average Bonchev–Trinajstić information content (AvgIpc) is 3.44. The van der Waals surface area contributed by atoms with Crippen molar-refractivity contribution in [3.05, 3.63) is 76.7 Å². The second kappa shape index (κ2) is 13.4. The van der Waals surface area contributed by atoms with E-state index >= 15 is 4.39 Å². The zero-order chi connectivity index (χ0) is 32.3. The Morgan fingerprint density at radius 1 is 1.02 bits per heavy atom. The standard InChI is InChI=1S/C33H38ClFN6O4/c1-6-38-14-16-39(17-15-38)25-12-9-22(10-13-25)28-19-29(41-30(37-28)26(20-36-41)31(42)44-7-2)40(32(43)45-33(3,4)5)21-23-8-11-24(34)18-27(23)35/h8-13,18-20H,6-7,14-17,21H2,1-5H3. The number of piperazine rings is 1. The Balaban J connectivity index is 1.61. The summed E-state index contributed by atoms with van der Waals surface area (Å²) >= 11 is 6.00. The Morgan fingerprint density at radius 2 is 1.73 bits per heavy atom. The van der Waals surface area contributed by atoms with Crippen molar-refractivity contribution in [2.75, 3.05) is 49.1 Å². The highest BCUT2D eigenvalue weighted by molar-refractivity contribution is 6.30. The van der Waals surface area contributed by atoms with Crippen LogP contribution in [0.3, 0.4) is 0 Å². The Kier molecular flexibility index (Phi) is 9.59. The quantitative estimate of drug-likeness (QED) is 0.204. The van der Waals surface area contributed by atoms with Crippen molar-refractivity contribution in [1.29, 1.82) is 0 Å². The van der Waals surface area contributed by atoms with Crippen molar-refractivity contribution in [2.24, 2.45) is 0 Å². The van der Waals surface area contributed by atoms with Gasteiger partial charge in [0.1, 0.15) is 22.8 Å². The Hall–Kier alpha value is -4.22. The molecule has 1 aliphatic heterocycles. The van der Waals surface area contributed by atoms with Crippen LogP contribution >= 0.6 is 11.6 Å². The third kappa shape index (κ3) is 7.37. The number of fused-ring (bicyclic) bond motifs is 1. The van der Waals surface area contributed by atoms with Crippen LogP contribution in [0.5, 0.6) is 0 Å². The molecule has 0 atom stereocenters. The number of nitrogens with zero attached hydrogens (tertiary/aromatic N) is 6. The minimum atomic E-state index is -0.846. The number of benzene rings is 2. The number of hydrogen-bond donors (Lipinski definition) is 0. The van der Waals surface area contributed by atoms with E-state index in [9.17, 15) is 9.59 Å². The minimum absolute atomic E-state index is 0.132. The highest BCUT2D eigenvalue weighted by Gasteiger charge is 2.29. The van der Waals surface area contributed by atoms with E-state index < -0.39 is 23.5 Å². The van der Waals surface area contributed by atoms with Crippen molar-refractivity contribution >= 4 is 40.8 Å². The average molecular weight is 637 g/mol. The summed E-state index contributed by atoms with van der Waals surface area (Å²) in [5.41, 5.74) is 2.02. The highest BCUT2D eigenvalue weighted by Crippen LogP contribution is 2.31. The van der Waals surface area contributed by atoms with Crippen LogP contribution in [-0.2, 0) is 16.0 Å². The second-order valence-corrected chi connectivity index (χ2v) is 12.2. The van der Waals surface area contributed by atoms with Gasteiger partial charge in [-0.3, -0.25) is 4.90 Å². The molecule has 1 fully saturated rings. The highest BCUT2D eigenvalue weighted by atomic mass is 35.5. The topological polar surface area (TPSA) is 92.5 Å². The zero-order valence-corrected chi connectivity index (χ0v) is 27.0. The largest absolute Gasteiger partial charge is 0.462 e. The molecule has 45 heavy (non-hydrogen) atoms. The number of ether oxygens (including phenoxy) is 2. The number of hydrogen-bond acceptors (Lipinski definition) is 8. The summed E-state index contributed by atoms with van der Waals surface area (Å²) in [6.45, 7) is 14.0. The Bertz CT molecular complexity index is 1680. The van der Waals surface area contributed by atoms with E-state index in [1.807, 2.05) is 24.3 Å². The summed E-state index contributed by atoms with van der Waals surface area (Å²) in [7, 11) is 0. The van der Waals surface area contributed by atoms with E-state index in [0.29, 0.717) is 5.69 Å². The maximum absolute atomic E-state index is 15.0. The molecule has 2 aromatic carbocycles. The van der Waals surface area contributed by atoms with E-state index in [2.05, 4.69) is 21.8 Å². The van der Waals surface area contributed by atoms with Gasteiger partial charge >= 0.3 is 12.1 Å². The van der Waals surface area contributed by atoms with Gasteiger partial charge in [-0.05, 0) is 58.5 Å². The van der Waals surface area contributed by atoms with Crippen LogP contribution in [0.2, 0.25) is 5.02 Å². The van der Waals surface area contributed by atoms with Gasteiger partial charge in [0.05, 0.1) is 25.0 Å². The lowest BCUT2D eigenvalue weighted by molar-refractivity contribution is 0.0526. The Labute approximate surface area is 267 Å². The van der Waals surface area contributed by atoms with Crippen LogP contribution < -0.4 is 9.80 Å². The molecule has 1 amide bonds. The molecule has 10 nitrogen and oxygen atoms in total. The van der Waals surface area contributed by atoms with Crippen LogP contribution in [0.4, 0.5) is 20.7 Å². The number of amides is 1. The van der Waals surface area contributed by atoms with E-state index in [1.54, 1.807) is 39.8 Å². The number of carbonyl (C=O) groups excluding carboxylic acids is 2. The van der Waals surface area contributed by atoms with Gasteiger partial charge in [0.25, 0.3) is 0 Å². The maximum atomic E-state index is 15.0. The molecular formula is C33H38ClFN6O4. The Morgan fingerprint density at radius 3 is 2.36 bits per heavy atom. The molecule has 0 aliphatic carbocycles. The normalized spacial score (nSPS) is 14.1. The first-order valence-corrected chi connectivity index (χ1v) is 15.4. The molecule has 238 valence electrons. The number of likely N-dealkylation sites (N-methyl/N-ethyl adjacent to an activating group) is 1. The van der Waals surface area contributed by atoms with Gasteiger partial charge < -0.3 is 19.3 Å². The lowest BCUT2D eigenvalue weighted by Gasteiger charge is -2.35. The smallest absolute Gasteiger partial charge is 0.416 e. The molecule has 12 heteroatoms. The SMILES string of the molecule is CCOC(=O)c1cnn2c(N(Cc3ccc(Cl)cc3F)C(=O)OC(C)(C)C)cc(-c3ccc(N4CCN(CC)CC4)cc3)nc12. The first-order chi connectivity index (χ1) is 21.5. The molecule has 1 aliphatic rings. The van der Waals surface area contributed by atoms with Crippen molar-refractivity contribution in [3.63, 3.8) is 0 Å². The van der Waals surface area contributed by atoms with Crippen molar-refractivity contribution in [1.82, 2.24) is 19.5 Å². The van der Waals surface area contributed by atoms with Crippen LogP contribution in [0.15, 0.2) is 54.7 Å². The fraction of sp³-hybridized carbons (Fsp3) is 0.394. The number of halogens is 2. The van der Waals surface area contributed by atoms with Gasteiger partial charge in [-0.2, -0.15) is 9.61 Å². The van der Waals surface area contributed by atoms with Gasteiger partial charge in [0.2, 0.25) is 0 Å². The molecule has 0 radical (unpaired) electrons. The predicted octanol–water partition coefficient (Wildman–Crippen LogP) is 6.45. The summed E-state index contributed by atoms with van der Waals surface area (Å²) in [6, 6.07) is 13.9. The molecule has 0 unspecified atom stereocenters. The molecular weight excluding hydrogens is 599 g/mol. The number of anilines is 2. The summed E-state index contributed by atoms with van der Waals surface area (Å²) < 4.78 is 27.4. The summed E-state index contributed by atoms with van der Waals surface area (Å²) in [5, 5.41) is 4.63. The molecule has 0 spiro atoms. The van der Waals surface area contributed by atoms with Crippen LogP contribution in [-0.4, -0.2) is 76.5 Å². The van der Waals surface area contributed by atoms with Gasteiger partial charge in [0, 0.05) is 54.1 Å². The van der Waals surface area contributed by atoms with Crippen molar-refractivity contribution in [3.8, 4) is 11.3 Å². The number of carbonyl (C=O) groups is 2. The van der Waals surface area contributed by atoms with Crippen LogP contribution in [0.1, 0.15) is 50.5 Å². The molecule has 5 rings (SSSR count). The lowest BCUT2D eigenvalue weighted by atomic mass is 10.1. The number of rotatable bonds is 8. The zero-order valence-electron chi connectivity index (χ0n) is 26.2. The van der Waals surface area contributed by atoms with Gasteiger partial charge in [-0.15, -0.1) is 0 Å². The summed E-state index contributed by atoms with van der Waals surface area (Å²) in [4.78, 5) is 37.5. The van der Waals surface area contributed by atoms with Crippen molar-refractivity contribution < 1.29 is 23.5 Å². The maximum Gasteiger partial charge on any atom is 0.416 e. The molecule has 2 aromatic heterocycles. The van der Waals surface area contributed by atoms with E-state index in [0.717, 1.165) is 44.0 Å². The summed E-state index contributed by atoms with van der Waals surface area (Å²) in [6.07, 6.45) is 0.619.